The van der Waals surface area contributed by atoms with E-state index in [4.69, 9.17) is 0 Å². The Hall–Kier alpha value is -1.31. The number of benzene rings is 1. The van der Waals surface area contributed by atoms with E-state index >= 15 is 0 Å². The minimum atomic E-state index is -3.33. The Balaban J connectivity index is 3.31. The highest BCUT2D eigenvalue weighted by Gasteiger charge is 2.15. The molecule has 0 aliphatic heterocycles. The van der Waals surface area contributed by atoms with Crippen molar-refractivity contribution < 1.29 is 8.42 Å². The molecule has 0 aliphatic rings. The van der Waals surface area contributed by atoms with E-state index < -0.39 is 9.84 Å². The van der Waals surface area contributed by atoms with Crippen molar-refractivity contribution in [2.75, 3.05) is 0 Å². The van der Waals surface area contributed by atoms with Crippen LogP contribution in [-0.2, 0) is 9.84 Å². The van der Waals surface area contributed by atoms with Crippen LogP contribution in [-0.4, -0.2) is 8.42 Å². The first kappa shape index (κ1) is 10.8. The maximum atomic E-state index is 11.8. The summed E-state index contributed by atoms with van der Waals surface area (Å²) >= 11 is 0. The van der Waals surface area contributed by atoms with E-state index in [1.165, 1.54) is 0 Å². The Bertz CT molecular complexity index is 463. The summed E-state index contributed by atoms with van der Waals surface area (Å²) in [6.45, 7) is 3.28. The molecule has 0 aliphatic carbocycles. The van der Waals surface area contributed by atoms with Gasteiger partial charge in [-0.25, -0.2) is 8.42 Å². The predicted octanol–water partition coefficient (Wildman–Crippen LogP) is 2.54. The van der Waals surface area contributed by atoms with Crippen LogP contribution in [0.1, 0.15) is 13.8 Å². The van der Waals surface area contributed by atoms with Crippen LogP contribution < -0.4 is 0 Å². The average molecular weight is 208 g/mol. The molecule has 0 fully saturated rings. The summed E-state index contributed by atoms with van der Waals surface area (Å²) in [6.07, 6.45) is 1.59. The molecule has 1 aromatic carbocycles. The molecule has 1 aromatic rings. The summed E-state index contributed by atoms with van der Waals surface area (Å²) in [6, 6.07) is 8.35. The molecular weight excluding hydrogens is 196 g/mol. The van der Waals surface area contributed by atoms with Gasteiger partial charge in [0.15, 0.2) is 0 Å². The van der Waals surface area contributed by atoms with E-state index in [-0.39, 0.29) is 4.91 Å². The molecule has 0 amide bonds. The van der Waals surface area contributed by atoms with Crippen LogP contribution >= 0.6 is 0 Å². The highest BCUT2D eigenvalue weighted by atomic mass is 32.2. The van der Waals surface area contributed by atoms with Crippen molar-refractivity contribution in [2.45, 2.75) is 18.7 Å². The number of allylic oxidation sites excluding steroid dienone is 1. The Morgan fingerprint density at radius 1 is 1.29 bits per heavy atom. The molecular formula is C11H12O2S. The Kier molecular flexibility index (Phi) is 3.28. The monoisotopic (exact) mass is 208 g/mol. The van der Waals surface area contributed by atoms with Crippen LogP contribution in [0.25, 0.3) is 0 Å². The molecule has 0 saturated heterocycles. The third-order valence-corrected chi connectivity index (χ3v) is 3.62. The average Bonchev–Trinajstić information content (AvgIpc) is 2.19. The zero-order valence-electron chi connectivity index (χ0n) is 8.19. The second-order valence-corrected chi connectivity index (χ2v) is 4.90. The summed E-state index contributed by atoms with van der Waals surface area (Å²) in [5.41, 5.74) is 2.69. The van der Waals surface area contributed by atoms with Crippen molar-refractivity contribution in [3.05, 3.63) is 47.0 Å². The van der Waals surface area contributed by atoms with Gasteiger partial charge in [-0.15, -0.1) is 5.73 Å². The number of rotatable bonds is 2. The number of hydrogen-bond donors (Lipinski definition) is 0. The number of hydrogen-bond acceptors (Lipinski definition) is 2. The molecule has 74 valence electrons. The molecule has 0 bridgehead atoms. The Morgan fingerprint density at radius 2 is 1.86 bits per heavy atom. The van der Waals surface area contributed by atoms with Gasteiger partial charge in [0.1, 0.15) is 0 Å². The maximum absolute atomic E-state index is 11.8. The van der Waals surface area contributed by atoms with E-state index in [0.29, 0.717) is 4.90 Å². The van der Waals surface area contributed by atoms with E-state index in [0.717, 1.165) is 0 Å². The van der Waals surface area contributed by atoms with Crippen molar-refractivity contribution in [3.8, 4) is 0 Å². The Labute approximate surface area is 84.5 Å². The highest BCUT2D eigenvalue weighted by Crippen LogP contribution is 2.16. The van der Waals surface area contributed by atoms with Crippen LogP contribution in [0.15, 0.2) is 51.9 Å². The van der Waals surface area contributed by atoms with E-state index in [1.807, 2.05) is 0 Å². The van der Waals surface area contributed by atoms with Crippen molar-refractivity contribution >= 4 is 9.84 Å². The normalized spacial score (nSPS) is 10.4. The molecule has 1 rings (SSSR count). The first-order chi connectivity index (χ1) is 6.59. The molecule has 0 N–H and O–H groups in total. The van der Waals surface area contributed by atoms with Crippen LogP contribution in [0.3, 0.4) is 0 Å². The van der Waals surface area contributed by atoms with Crippen molar-refractivity contribution in [1.29, 1.82) is 0 Å². The summed E-state index contributed by atoms with van der Waals surface area (Å²) in [4.78, 5) is 0.554. The standard InChI is InChI=1S/C11H12O2S/c1-3-7-10(2)14(12,13)11-8-5-4-6-9-11/h3-6,8-9H,1-2H3. The van der Waals surface area contributed by atoms with Gasteiger partial charge >= 0.3 is 0 Å². The van der Waals surface area contributed by atoms with Gasteiger partial charge in [-0.3, -0.25) is 0 Å². The molecule has 0 spiro atoms. The van der Waals surface area contributed by atoms with Gasteiger partial charge in [0, 0.05) is 0 Å². The summed E-state index contributed by atoms with van der Waals surface area (Å²) in [5, 5.41) is 0. The summed E-state index contributed by atoms with van der Waals surface area (Å²) in [7, 11) is -3.33. The van der Waals surface area contributed by atoms with E-state index in [1.54, 1.807) is 50.3 Å². The lowest BCUT2D eigenvalue weighted by Crippen LogP contribution is -2.00. The molecule has 0 saturated carbocycles. The van der Waals surface area contributed by atoms with Crippen LogP contribution in [0.4, 0.5) is 0 Å². The van der Waals surface area contributed by atoms with Crippen molar-refractivity contribution in [3.63, 3.8) is 0 Å². The van der Waals surface area contributed by atoms with E-state index in [9.17, 15) is 8.42 Å². The Morgan fingerprint density at radius 3 is 2.36 bits per heavy atom. The van der Waals surface area contributed by atoms with E-state index in [2.05, 4.69) is 5.73 Å². The molecule has 14 heavy (non-hydrogen) atoms. The van der Waals surface area contributed by atoms with Gasteiger partial charge in [-0.05, 0) is 32.1 Å². The fourth-order valence-corrected chi connectivity index (χ4v) is 2.20. The van der Waals surface area contributed by atoms with Crippen molar-refractivity contribution in [1.82, 2.24) is 0 Å². The largest absolute Gasteiger partial charge is 0.218 e. The number of sulfone groups is 1. The molecule has 3 heteroatoms. The first-order valence-corrected chi connectivity index (χ1v) is 5.75. The molecule has 0 aromatic heterocycles. The second-order valence-electron chi connectivity index (χ2n) is 2.81. The quantitative estimate of drug-likeness (QED) is 0.700. The van der Waals surface area contributed by atoms with Crippen LogP contribution in [0, 0.1) is 0 Å². The lowest BCUT2D eigenvalue weighted by atomic mass is 10.4. The lowest BCUT2D eigenvalue weighted by molar-refractivity contribution is 0.602. The SMILES string of the molecule is CC=C=C(C)S(=O)(=O)c1ccccc1. The molecule has 0 radical (unpaired) electrons. The zero-order valence-corrected chi connectivity index (χ0v) is 9.01. The fourth-order valence-electron chi connectivity index (χ4n) is 1.06. The van der Waals surface area contributed by atoms with Crippen molar-refractivity contribution in [2.24, 2.45) is 0 Å². The summed E-state index contributed by atoms with van der Waals surface area (Å²) in [5.74, 6) is 0. The van der Waals surface area contributed by atoms with Gasteiger partial charge in [0.05, 0.1) is 9.80 Å². The van der Waals surface area contributed by atoms with Gasteiger partial charge in [-0.1, -0.05) is 18.2 Å². The zero-order chi connectivity index (χ0) is 10.6. The van der Waals surface area contributed by atoms with Gasteiger partial charge in [-0.2, -0.15) is 0 Å². The minimum Gasteiger partial charge on any atom is -0.218 e. The minimum absolute atomic E-state index is 0.242. The fraction of sp³-hybridized carbons (Fsp3) is 0.182. The predicted molar refractivity (Wildman–Crippen MR) is 56.6 cm³/mol. The second kappa shape index (κ2) is 4.27. The summed E-state index contributed by atoms with van der Waals surface area (Å²) < 4.78 is 23.6. The topological polar surface area (TPSA) is 34.1 Å². The van der Waals surface area contributed by atoms with Gasteiger partial charge in [0.2, 0.25) is 9.84 Å². The third-order valence-electron chi connectivity index (χ3n) is 1.80. The third kappa shape index (κ3) is 2.13. The lowest BCUT2D eigenvalue weighted by Gasteiger charge is -2.01. The molecule has 0 unspecified atom stereocenters. The maximum Gasteiger partial charge on any atom is 0.209 e. The smallest absolute Gasteiger partial charge is 0.209 e. The highest BCUT2D eigenvalue weighted by molar-refractivity contribution is 7.95. The van der Waals surface area contributed by atoms with Crippen LogP contribution in [0.2, 0.25) is 0 Å². The molecule has 2 nitrogen and oxygen atoms in total. The van der Waals surface area contributed by atoms with Gasteiger partial charge < -0.3 is 0 Å². The molecule has 0 heterocycles. The van der Waals surface area contributed by atoms with Crippen LogP contribution in [0.5, 0.6) is 0 Å². The van der Waals surface area contributed by atoms with Gasteiger partial charge in [0.25, 0.3) is 0 Å². The first-order valence-electron chi connectivity index (χ1n) is 4.27. The molecule has 0 atom stereocenters.